The second-order valence-corrected chi connectivity index (χ2v) is 4.60. The van der Waals surface area contributed by atoms with E-state index in [1.807, 2.05) is 13.0 Å². The lowest BCUT2D eigenvalue weighted by atomic mass is 10.0. The Kier molecular flexibility index (Phi) is 3.64. The third-order valence-corrected chi connectivity index (χ3v) is 3.49. The Morgan fingerprint density at radius 3 is 2.65 bits per heavy atom. The second-order valence-electron chi connectivity index (χ2n) is 4.60. The van der Waals surface area contributed by atoms with Gasteiger partial charge in [0.05, 0.1) is 0 Å². The number of aryl methyl sites for hydroxylation is 1. The molecule has 1 atom stereocenters. The van der Waals surface area contributed by atoms with Crippen LogP contribution in [0.1, 0.15) is 24.1 Å². The Hall–Kier alpha value is -1.13. The molecule has 0 amide bonds. The molecule has 1 aliphatic heterocycles. The van der Waals surface area contributed by atoms with Gasteiger partial charge in [-0.2, -0.15) is 0 Å². The normalized spacial score (nSPS) is 19.2. The third-order valence-electron chi connectivity index (χ3n) is 3.49. The van der Waals surface area contributed by atoms with Gasteiger partial charge in [-0.15, -0.1) is 0 Å². The maximum atomic E-state index is 13.6. The molecule has 1 aliphatic rings. The van der Waals surface area contributed by atoms with Crippen LogP contribution in [0.4, 0.5) is 4.39 Å². The predicted molar refractivity (Wildman–Crippen MR) is 65.7 cm³/mol. The first-order valence-electron chi connectivity index (χ1n) is 6.04. The highest BCUT2D eigenvalue weighted by molar-refractivity contribution is 5.39. The minimum absolute atomic E-state index is 0.0483. The van der Waals surface area contributed by atoms with Crippen molar-refractivity contribution in [2.45, 2.75) is 19.9 Å². The molecule has 1 aromatic rings. The van der Waals surface area contributed by atoms with Gasteiger partial charge < -0.3 is 10.4 Å². The summed E-state index contributed by atoms with van der Waals surface area (Å²) in [6, 6.07) is 3.59. The Balaban J connectivity index is 2.24. The Labute approximate surface area is 101 Å². The average Bonchev–Trinajstić information content (AvgIpc) is 2.36. The highest BCUT2D eigenvalue weighted by Crippen LogP contribution is 2.32. The van der Waals surface area contributed by atoms with Crippen molar-refractivity contribution in [2.75, 3.05) is 26.2 Å². The van der Waals surface area contributed by atoms with Gasteiger partial charge in [-0.25, -0.2) is 4.39 Å². The average molecular weight is 238 g/mol. The number of halogens is 1. The van der Waals surface area contributed by atoms with Crippen molar-refractivity contribution in [2.24, 2.45) is 0 Å². The summed E-state index contributed by atoms with van der Waals surface area (Å²) in [5, 5.41) is 13.1. The Morgan fingerprint density at radius 1 is 1.35 bits per heavy atom. The SMILES string of the molecule is Cc1ccc([C@@H](C)N2CCNCC2)c(O)c1F. The zero-order valence-corrected chi connectivity index (χ0v) is 10.3. The first-order valence-corrected chi connectivity index (χ1v) is 6.04. The zero-order chi connectivity index (χ0) is 12.4. The van der Waals surface area contributed by atoms with E-state index in [1.165, 1.54) is 0 Å². The van der Waals surface area contributed by atoms with Crippen LogP contribution in [-0.4, -0.2) is 36.2 Å². The minimum atomic E-state index is -0.496. The van der Waals surface area contributed by atoms with E-state index in [9.17, 15) is 9.50 Å². The molecule has 0 saturated carbocycles. The van der Waals surface area contributed by atoms with E-state index < -0.39 is 5.82 Å². The number of phenols is 1. The van der Waals surface area contributed by atoms with Crippen LogP contribution in [0.3, 0.4) is 0 Å². The molecule has 1 saturated heterocycles. The molecule has 17 heavy (non-hydrogen) atoms. The fourth-order valence-corrected chi connectivity index (χ4v) is 2.28. The van der Waals surface area contributed by atoms with Crippen molar-refractivity contribution in [3.05, 3.63) is 29.1 Å². The molecule has 0 aliphatic carbocycles. The number of nitrogens with one attached hydrogen (secondary N) is 1. The number of aromatic hydroxyl groups is 1. The van der Waals surface area contributed by atoms with Gasteiger partial charge in [-0.1, -0.05) is 12.1 Å². The summed E-state index contributed by atoms with van der Waals surface area (Å²) in [6.07, 6.45) is 0. The highest BCUT2D eigenvalue weighted by Gasteiger charge is 2.22. The van der Waals surface area contributed by atoms with E-state index in [0.29, 0.717) is 11.1 Å². The monoisotopic (exact) mass is 238 g/mol. The van der Waals surface area contributed by atoms with Gasteiger partial charge in [-0.05, 0) is 19.4 Å². The molecule has 1 heterocycles. The summed E-state index contributed by atoms with van der Waals surface area (Å²) in [6.45, 7) is 7.41. The lowest BCUT2D eigenvalue weighted by Gasteiger charge is -2.33. The van der Waals surface area contributed by atoms with Crippen molar-refractivity contribution in [1.29, 1.82) is 0 Å². The maximum absolute atomic E-state index is 13.6. The Bertz CT molecular complexity index is 403. The topological polar surface area (TPSA) is 35.5 Å². The van der Waals surface area contributed by atoms with E-state index >= 15 is 0 Å². The van der Waals surface area contributed by atoms with Crippen LogP contribution >= 0.6 is 0 Å². The van der Waals surface area contributed by atoms with Crippen LogP contribution in [0.25, 0.3) is 0 Å². The second kappa shape index (κ2) is 5.02. The molecule has 1 fully saturated rings. The van der Waals surface area contributed by atoms with Crippen molar-refractivity contribution in [3.8, 4) is 5.75 Å². The number of benzene rings is 1. The number of phenolic OH excluding ortho intramolecular Hbond substituents is 1. The van der Waals surface area contributed by atoms with E-state index in [0.717, 1.165) is 26.2 Å². The summed E-state index contributed by atoms with van der Waals surface area (Å²) < 4.78 is 13.6. The van der Waals surface area contributed by atoms with Crippen LogP contribution in [-0.2, 0) is 0 Å². The molecule has 0 bridgehead atoms. The molecule has 0 aromatic heterocycles. The van der Waals surface area contributed by atoms with Crippen molar-refractivity contribution in [1.82, 2.24) is 10.2 Å². The third kappa shape index (κ3) is 2.42. The molecule has 1 aromatic carbocycles. The van der Waals surface area contributed by atoms with Crippen molar-refractivity contribution in [3.63, 3.8) is 0 Å². The lowest BCUT2D eigenvalue weighted by molar-refractivity contribution is 0.182. The summed E-state index contributed by atoms with van der Waals surface area (Å²) >= 11 is 0. The van der Waals surface area contributed by atoms with Crippen LogP contribution in [0.5, 0.6) is 5.75 Å². The Morgan fingerprint density at radius 2 is 2.00 bits per heavy atom. The fraction of sp³-hybridized carbons (Fsp3) is 0.538. The molecule has 0 spiro atoms. The number of piperazine rings is 1. The maximum Gasteiger partial charge on any atom is 0.168 e. The fourth-order valence-electron chi connectivity index (χ4n) is 2.28. The molecule has 0 radical (unpaired) electrons. The van der Waals surface area contributed by atoms with Gasteiger partial charge in [0.1, 0.15) is 0 Å². The molecule has 2 rings (SSSR count). The van der Waals surface area contributed by atoms with Crippen LogP contribution < -0.4 is 5.32 Å². The molecule has 2 N–H and O–H groups in total. The van der Waals surface area contributed by atoms with Gasteiger partial charge in [0.15, 0.2) is 11.6 Å². The van der Waals surface area contributed by atoms with Crippen molar-refractivity contribution >= 4 is 0 Å². The number of hydrogen-bond donors (Lipinski definition) is 2. The quantitative estimate of drug-likeness (QED) is 0.824. The summed E-state index contributed by atoms with van der Waals surface area (Å²) in [5.41, 5.74) is 1.16. The molecule has 3 nitrogen and oxygen atoms in total. The number of rotatable bonds is 2. The zero-order valence-electron chi connectivity index (χ0n) is 10.3. The standard InChI is InChI=1S/C13H19FN2O/c1-9-3-4-11(13(17)12(9)14)10(2)16-7-5-15-6-8-16/h3-4,10,15,17H,5-8H2,1-2H3/t10-/m1/s1. The lowest BCUT2D eigenvalue weighted by Crippen LogP contribution is -2.44. The first-order chi connectivity index (χ1) is 8.11. The number of nitrogens with zero attached hydrogens (tertiary/aromatic N) is 1. The summed E-state index contributed by atoms with van der Waals surface area (Å²) in [5.74, 6) is -0.694. The van der Waals surface area contributed by atoms with Gasteiger partial charge in [0.25, 0.3) is 0 Å². The summed E-state index contributed by atoms with van der Waals surface area (Å²) in [7, 11) is 0. The molecular weight excluding hydrogens is 219 g/mol. The van der Waals surface area contributed by atoms with Crippen LogP contribution in [0.2, 0.25) is 0 Å². The van der Waals surface area contributed by atoms with Crippen LogP contribution in [0, 0.1) is 12.7 Å². The van der Waals surface area contributed by atoms with Crippen LogP contribution in [0.15, 0.2) is 12.1 Å². The first kappa shape index (κ1) is 12.3. The molecular formula is C13H19FN2O. The summed E-state index contributed by atoms with van der Waals surface area (Å²) in [4.78, 5) is 2.25. The molecule has 94 valence electrons. The minimum Gasteiger partial charge on any atom is -0.505 e. The van der Waals surface area contributed by atoms with Gasteiger partial charge in [0.2, 0.25) is 0 Å². The predicted octanol–water partition coefficient (Wildman–Crippen LogP) is 1.81. The van der Waals surface area contributed by atoms with Gasteiger partial charge in [0, 0.05) is 37.8 Å². The van der Waals surface area contributed by atoms with E-state index in [-0.39, 0.29) is 11.8 Å². The molecule has 0 unspecified atom stereocenters. The highest BCUT2D eigenvalue weighted by atomic mass is 19.1. The number of hydrogen-bond acceptors (Lipinski definition) is 3. The van der Waals surface area contributed by atoms with Gasteiger partial charge >= 0.3 is 0 Å². The van der Waals surface area contributed by atoms with E-state index in [1.54, 1.807) is 13.0 Å². The smallest absolute Gasteiger partial charge is 0.168 e. The van der Waals surface area contributed by atoms with E-state index in [4.69, 9.17) is 0 Å². The largest absolute Gasteiger partial charge is 0.505 e. The van der Waals surface area contributed by atoms with Crippen molar-refractivity contribution < 1.29 is 9.50 Å². The molecule has 4 heteroatoms. The van der Waals surface area contributed by atoms with Gasteiger partial charge in [-0.3, -0.25) is 4.90 Å². The van der Waals surface area contributed by atoms with E-state index in [2.05, 4.69) is 10.2 Å².